The van der Waals surface area contributed by atoms with Crippen LogP contribution in [-0.4, -0.2) is 32.1 Å². The molecule has 23 heavy (non-hydrogen) atoms. The van der Waals surface area contributed by atoms with Gasteiger partial charge in [0, 0.05) is 0 Å². The van der Waals surface area contributed by atoms with Gasteiger partial charge in [0.1, 0.15) is 16.9 Å². The number of hydrogen-bond acceptors (Lipinski definition) is 7. The van der Waals surface area contributed by atoms with E-state index in [1.54, 1.807) is 7.11 Å². The molecule has 0 radical (unpaired) electrons. The average Bonchev–Trinajstić information content (AvgIpc) is 2.87. The lowest BCUT2D eigenvalue weighted by Crippen LogP contribution is -2.35. The zero-order chi connectivity index (χ0) is 16.7. The third kappa shape index (κ3) is 2.54. The van der Waals surface area contributed by atoms with Crippen molar-refractivity contribution >= 4 is 33.0 Å². The number of ether oxygens (including phenoxy) is 1. The van der Waals surface area contributed by atoms with Gasteiger partial charge in [-0.15, -0.1) is 5.10 Å². The van der Waals surface area contributed by atoms with Crippen LogP contribution in [0.2, 0.25) is 0 Å². The molecule has 0 spiro atoms. The summed E-state index contributed by atoms with van der Waals surface area (Å²) in [7, 11) is 1.57. The van der Waals surface area contributed by atoms with E-state index in [1.165, 1.54) is 10.9 Å². The Bertz CT molecular complexity index is 909. The quantitative estimate of drug-likeness (QED) is 0.407. The van der Waals surface area contributed by atoms with Crippen molar-refractivity contribution in [2.24, 2.45) is 0 Å². The van der Waals surface area contributed by atoms with Crippen LogP contribution in [0.15, 0.2) is 10.8 Å². The topological polar surface area (TPSA) is 119 Å². The van der Waals surface area contributed by atoms with E-state index in [0.717, 1.165) is 15.9 Å². The maximum atomic E-state index is 12.3. The Kier molecular flexibility index (Phi) is 3.76. The van der Waals surface area contributed by atoms with Gasteiger partial charge in [-0.25, -0.2) is 9.67 Å². The Morgan fingerprint density at radius 1 is 1.39 bits per heavy atom. The SMILES string of the molecule is COc1c(C)c[n+]([O-])c(Cn2nnc3c(Br)nc(N)nc32)c1C. The fourth-order valence-corrected chi connectivity index (χ4v) is 2.93. The van der Waals surface area contributed by atoms with Gasteiger partial charge in [-0.2, -0.15) is 9.71 Å². The van der Waals surface area contributed by atoms with Gasteiger partial charge < -0.3 is 15.7 Å². The molecule has 3 rings (SSSR count). The molecule has 0 unspecified atom stereocenters. The van der Waals surface area contributed by atoms with Crippen LogP contribution in [0, 0.1) is 19.1 Å². The van der Waals surface area contributed by atoms with Gasteiger partial charge in [-0.3, -0.25) is 0 Å². The van der Waals surface area contributed by atoms with E-state index >= 15 is 0 Å². The molecule has 3 heterocycles. The zero-order valence-electron chi connectivity index (χ0n) is 12.7. The maximum absolute atomic E-state index is 12.3. The molecule has 0 fully saturated rings. The van der Waals surface area contributed by atoms with E-state index in [0.29, 0.717) is 27.2 Å². The summed E-state index contributed by atoms with van der Waals surface area (Å²) in [6, 6.07) is 0. The number of hydrogen-bond donors (Lipinski definition) is 1. The van der Waals surface area contributed by atoms with Gasteiger partial charge in [0.05, 0.1) is 18.2 Å². The van der Waals surface area contributed by atoms with Crippen molar-refractivity contribution in [3.8, 4) is 5.75 Å². The summed E-state index contributed by atoms with van der Waals surface area (Å²) >= 11 is 3.27. The van der Waals surface area contributed by atoms with E-state index in [4.69, 9.17) is 10.5 Å². The molecule has 3 aromatic rings. The van der Waals surface area contributed by atoms with Crippen LogP contribution in [0.4, 0.5) is 5.95 Å². The van der Waals surface area contributed by atoms with Crippen molar-refractivity contribution in [2.45, 2.75) is 20.4 Å². The van der Waals surface area contributed by atoms with Crippen molar-refractivity contribution in [3.05, 3.63) is 32.8 Å². The standard InChI is InChI=1S/C13H14BrN7O2/c1-6-4-21(22)8(7(2)10(6)23-3)5-20-12-9(18-19-20)11(14)16-13(15)17-12/h4H,5H2,1-3H3,(H2,15,16,17). The lowest BCUT2D eigenvalue weighted by atomic mass is 10.1. The van der Waals surface area contributed by atoms with Crippen molar-refractivity contribution in [1.82, 2.24) is 25.0 Å². The summed E-state index contributed by atoms with van der Waals surface area (Å²) in [4.78, 5) is 8.12. The summed E-state index contributed by atoms with van der Waals surface area (Å²) in [5.41, 5.74) is 8.59. The number of nitrogen functional groups attached to an aromatic ring is 1. The van der Waals surface area contributed by atoms with Gasteiger partial charge in [-0.05, 0) is 29.8 Å². The minimum absolute atomic E-state index is 0.0983. The van der Waals surface area contributed by atoms with Gasteiger partial charge in [0.15, 0.2) is 17.4 Å². The van der Waals surface area contributed by atoms with Gasteiger partial charge in [0.2, 0.25) is 11.6 Å². The third-order valence-corrected chi connectivity index (χ3v) is 4.10. The first-order valence-electron chi connectivity index (χ1n) is 6.70. The van der Waals surface area contributed by atoms with Gasteiger partial charge in [-0.1, -0.05) is 5.21 Å². The summed E-state index contributed by atoms with van der Waals surface area (Å²) < 4.78 is 8.13. The molecular weight excluding hydrogens is 366 g/mol. The van der Waals surface area contributed by atoms with E-state index in [2.05, 4.69) is 36.2 Å². The number of anilines is 1. The first-order chi connectivity index (χ1) is 10.9. The van der Waals surface area contributed by atoms with Crippen LogP contribution in [0.25, 0.3) is 11.2 Å². The van der Waals surface area contributed by atoms with Crippen molar-refractivity contribution in [1.29, 1.82) is 0 Å². The normalized spacial score (nSPS) is 11.1. The van der Waals surface area contributed by atoms with Crippen LogP contribution >= 0.6 is 15.9 Å². The highest BCUT2D eigenvalue weighted by molar-refractivity contribution is 9.10. The van der Waals surface area contributed by atoms with Crippen molar-refractivity contribution < 1.29 is 9.47 Å². The summed E-state index contributed by atoms with van der Waals surface area (Å²) in [5, 5.41) is 20.3. The monoisotopic (exact) mass is 379 g/mol. The zero-order valence-corrected chi connectivity index (χ0v) is 14.3. The number of rotatable bonds is 3. The lowest BCUT2D eigenvalue weighted by molar-refractivity contribution is -0.615. The Labute approximate surface area is 139 Å². The van der Waals surface area contributed by atoms with Crippen LogP contribution < -0.4 is 15.2 Å². The molecule has 9 nitrogen and oxygen atoms in total. The number of aryl methyl sites for hydroxylation is 1. The fourth-order valence-electron chi connectivity index (χ4n) is 2.49. The van der Waals surface area contributed by atoms with E-state index in [-0.39, 0.29) is 12.5 Å². The van der Waals surface area contributed by atoms with E-state index in [1.807, 2.05) is 13.8 Å². The van der Waals surface area contributed by atoms with Crippen LogP contribution in [-0.2, 0) is 6.54 Å². The second kappa shape index (κ2) is 5.61. The predicted molar refractivity (Wildman–Crippen MR) is 85.8 cm³/mol. The number of nitrogens with two attached hydrogens (primary N) is 1. The summed E-state index contributed by atoms with van der Waals surface area (Å²) in [5.74, 6) is 0.771. The molecule has 120 valence electrons. The van der Waals surface area contributed by atoms with E-state index in [9.17, 15) is 5.21 Å². The highest BCUT2D eigenvalue weighted by Crippen LogP contribution is 2.24. The van der Waals surface area contributed by atoms with Crippen LogP contribution in [0.1, 0.15) is 16.8 Å². The van der Waals surface area contributed by atoms with Crippen molar-refractivity contribution in [3.63, 3.8) is 0 Å². The molecule has 0 atom stereocenters. The number of nitrogens with zero attached hydrogens (tertiary/aromatic N) is 6. The molecule has 0 aromatic carbocycles. The number of fused-ring (bicyclic) bond motifs is 1. The highest BCUT2D eigenvalue weighted by Gasteiger charge is 2.21. The highest BCUT2D eigenvalue weighted by atomic mass is 79.9. The Morgan fingerprint density at radius 3 is 2.83 bits per heavy atom. The summed E-state index contributed by atoms with van der Waals surface area (Å²) in [6.45, 7) is 3.83. The van der Waals surface area contributed by atoms with E-state index < -0.39 is 0 Å². The molecule has 0 aliphatic rings. The van der Waals surface area contributed by atoms with Crippen LogP contribution in [0.5, 0.6) is 5.75 Å². The Balaban J connectivity index is 2.13. The number of halogens is 1. The average molecular weight is 380 g/mol. The number of aromatic nitrogens is 6. The van der Waals surface area contributed by atoms with Gasteiger partial charge in [0.25, 0.3) is 0 Å². The third-order valence-electron chi connectivity index (χ3n) is 3.55. The Morgan fingerprint density at radius 2 is 2.13 bits per heavy atom. The minimum atomic E-state index is 0.0983. The maximum Gasteiger partial charge on any atom is 0.223 e. The molecule has 0 saturated heterocycles. The lowest BCUT2D eigenvalue weighted by Gasteiger charge is -2.13. The molecule has 0 saturated carbocycles. The molecule has 2 N–H and O–H groups in total. The second-order valence-corrected chi connectivity index (χ2v) is 5.79. The van der Waals surface area contributed by atoms with Crippen molar-refractivity contribution in [2.75, 3.05) is 12.8 Å². The molecule has 3 aromatic heterocycles. The Hall–Kier alpha value is -2.49. The fraction of sp³-hybridized carbons (Fsp3) is 0.308. The molecule has 0 amide bonds. The number of methoxy groups -OCH3 is 1. The minimum Gasteiger partial charge on any atom is -0.618 e. The molecule has 0 aliphatic heterocycles. The van der Waals surface area contributed by atoms with Gasteiger partial charge >= 0.3 is 0 Å². The number of pyridine rings is 1. The molecule has 0 bridgehead atoms. The smallest absolute Gasteiger partial charge is 0.223 e. The predicted octanol–water partition coefficient (Wildman–Crippen LogP) is 0.873. The largest absolute Gasteiger partial charge is 0.618 e. The molecular formula is C13H14BrN7O2. The first-order valence-corrected chi connectivity index (χ1v) is 7.50. The first kappa shape index (κ1) is 15.4. The second-order valence-electron chi connectivity index (χ2n) is 5.03. The summed E-state index contributed by atoms with van der Waals surface area (Å²) in [6.07, 6.45) is 1.47. The molecule has 0 aliphatic carbocycles. The molecule has 10 heteroatoms. The van der Waals surface area contributed by atoms with Crippen LogP contribution in [0.3, 0.4) is 0 Å².